The van der Waals surface area contributed by atoms with Crippen LogP contribution in [0.3, 0.4) is 0 Å². The molecule has 124 valence electrons. The van der Waals surface area contributed by atoms with Crippen LogP contribution in [0.2, 0.25) is 0 Å². The van der Waals surface area contributed by atoms with Gasteiger partial charge in [0.2, 0.25) is 0 Å². The predicted octanol–water partition coefficient (Wildman–Crippen LogP) is 1.21. The normalized spacial score (nSPS) is 14.8. The molecule has 1 aromatic rings. The lowest BCUT2D eigenvalue weighted by Gasteiger charge is -2.24. The Kier molecular flexibility index (Phi) is 5.26. The number of carbonyl (C=O) groups is 2. The van der Waals surface area contributed by atoms with Gasteiger partial charge in [-0.15, -0.1) is 0 Å². The molecule has 0 N–H and O–H groups in total. The third kappa shape index (κ3) is 2.79. The number of carbonyl (C=O) groups excluding carboxylic acids is 2. The summed E-state index contributed by atoms with van der Waals surface area (Å²) in [5.74, 6) is -1.76. The van der Waals surface area contributed by atoms with Crippen molar-refractivity contribution in [3.8, 4) is 0 Å². The summed E-state index contributed by atoms with van der Waals surface area (Å²) in [6.07, 6.45) is 0. The summed E-state index contributed by atoms with van der Waals surface area (Å²) in [5.41, 5.74) is -0.124. The SMILES string of the molecule is COC(=O)C1=C(OC)OC(=O)C1=P(OC)(OC)c1ccccc1. The second-order valence-electron chi connectivity index (χ2n) is 4.35. The van der Waals surface area contributed by atoms with Crippen molar-refractivity contribution in [2.45, 2.75) is 0 Å². The van der Waals surface area contributed by atoms with E-state index in [1.807, 2.05) is 6.07 Å². The topological polar surface area (TPSA) is 80.3 Å². The smallest absolute Gasteiger partial charge is 0.352 e. The van der Waals surface area contributed by atoms with E-state index in [1.165, 1.54) is 28.4 Å². The summed E-state index contributed by atoms with van der Waals surface area (Å²) < 4.78 is 26.0. The summed E-state index contributed by atoms with van der Waals surface area (Å²) in [6.45, 7) is 0. The Labute approximate surface area is 133 Å². The molecule has 8 heteroatoms. The number of hydrogen-bond acceptors (Lipinski definition) is 7. The summed E-state index contributed by atoms with van der Waals surface area (Å²) in [6, 6.07) is 8.88. The average molecular weight is 340 g/mol. The molecule has 0 fully saturated rings. The molecule has 2 rings (SSSR count). The van der Waals surface area contributed by atoms with E-state index < -0.39 is 19.3 Å². The molecular weight excluding hydrogens is 323 g/mol. The quantitative estimate of drug-likeness (QED) is 0.589. The van der Waals surface area contributed by atoms with E-state index in [4.69, 9.17) is 23.3 Å². The zero-order valence-corrected chi connectivity index (χ0v) is 14.1. The zero-order valence-electron chi connectivity index (χ0n) is 13.2. The highest BCUT2D eigenvalue weighted by molar-refractivity contribution is 7.76. The molecule has 23 heavy (non-hydrogen) atoms. The lowest BCUT2D eigenvalue weighted by atomic mass is 10.2. The first-order chi connectivity index (χ1) is 11.1. The molecule has 0 atom stereocenters. The van der Waals surface area contributed by atoms with E-state index in [-0.39, 0.29) is 16.8 Å². The van der Waals surface area contributed by atoms with Crippen LogP contribution in [0.5, 0.6) is 0 Å². The van der Waals surface area contributed by atoms with Gasteiger partial charge in [0.05, 0.1) is 14.2 Å². The minimum atomic E-state index is -3.08. The lowest BCUT2D eigenvalue weighted by Crippen LogP contribution is -2.25. The third-order valence-electron chi connectivity index (χ3n) is 3.30. The van der Waals surface area contributed by atoms with Crippen LogP contribution in [0.25, 0.3) is 0 Å². The molecule has 1 aliphatic heterocycles. The van der Waals surface area contributed by atoms with Crippen molar-refractivity contribution >= 4 is 29.9 Å². The maximum Gasteiger partial charge on any atom is 0.352 e. The van der Waals surface area contributed by atoms with Gasteiger partial charge < -0.3 is 23.3 Å². The standard InChI is InChI=1S/C15H17O7P/c1-18-13(16)11-12(14(17)22-15(11)19-2)23(20-3,21-4)10-8-6-5-7-9-10/h5-9H,1-4H3. The van der Waals surface area contributed by atoms with Gasteiger partial charge in [-0.3, -0.25) is 0 Å². The first-order valence-electron chi connectivity index (χ1n) is 6.58. The maximum absolute atomic E-state index is 12.4. The van der Waals surface area contributed by atoms with Gasteiger partial charge in [-0.05, 0) is 0 Å². The predicted molar refractivity (Wildman–Crippen MR) is 84.2 cm³/mol. The highest BCUT2D eigenvalue weighted by atomic mass is 31.2. The van der Waals surface area contributed by atoms with Crippen molar-refractivity contribution in [2.75, 3.05) is 28.4 Å². The Morgan fingerprint density at radius 2 is 1.65 bits per heavy atom. The lowest BCUT2D eigenvalue weighted by molar-refractivity contribution is -0.136. The van der Waals surface area contributed by atoms with Gasteiger partial charge in [-0.25, -0.2) is 9.59 Å². The van der Waals surface area contributed by atoms with Crippen LogP contribution >= 0.6 is 7.34 Å². The first kappa shape index (κ1) is 17.3. The Morgan fingerprint density at radius 1 is 1.04 bits per heavy atom. The van der Waals surface area contributed by atoms with Gasteiger partial charge >= 0.3 is 17.9 Å². The fourth-order valence-electron chi connectivity index (χ4n) is 2.30. The van der Waals surface area contributed by atoms with Crippen LogP contribution in [0.15, 0.2) is 41.9 Å². The monoisotopic (exact) mass is 340 g/mol. The van der Waals surface area contributed by atoms with Crippen molar-refractivity contribution in [2.24, 2.45) is 0 Å². The number of ether oxygens (including phenoxy) is 3. The van der Waals surface area contributed by atoms with E-state index in [0.29, 0.717) is 5.30 Å². The average Bonchev–Trinajstić information content (AvgIpc) is 2.94. The molecule has 1 aromatic carbocycles. The molecular formula is C15H17O7P. The van der Waals surface area contributed by atoms with Gasteiger partial charge in [-0.1, -0.05) is 30.3 Å². The summed E-state index contributed by atoms with van der Waals surface area (Å²) >= 11 is 0. The van der Waals surface area contributed by atoms with Crippen LogP contribution in [0.1, 0.15) is 0 Å². The highest BCUT2D eigenvalue weighted by Gasteiger charge is 2.45. The summed E-state index contributed by atoms with van der Waals surface area (Å²) in [7, 11) is 2.22. The van der Waals surface area contributed by atoms with Crippen molar-refractivity contribution in [1.29, 1.82) is 0 Å². The van der Waals surface area contributed by atoms with Crippen LogP contribution in [-0.4, -0.2) is 45.7 Å². The fourth-order valence-corrected chi connectivity index (χ4v) is 4.82. The second-order valence-corrected chi connectivity index (χ2v) is 7.15. The first-order valence-corrected chi connectivity index (χ1v) is 8.21. The Bertz CT molecular complexity index is 698. The number of methoxy groups -OCH3 is 2. The maximum atomic E-state index is 12.4. The van der Waals surface area contributed by atoms with Crippen molar-refractivity contribution in [1.82, 2.24) is 0 Å². The van der Waals surface area contributed by atoms with E-state index in [2.05, 4.69) is 0 Å². The van der Waals surface area contributed by atoms with Crippen LogP contribution in [0.4, 0.5) is 0 Å². The molecule has 0 unspecified atom stereocenters. The number of cyclic esters (lactones) is 1. The molecule has 0 aromatic heterocycles. The van der Waals surface area contributed by atoms with Crippen LogP contribution < -0.4 is 5.30 Å². The Hall–Kier alpha value is -2.08. The molecule has 0 aliphatic carbocycles. The van der Waals surface area contributed by atoms with E-state index in [9.17, 15) is 9.59 Å². The molecule has 7 nitrogen and oxygen atoms in total. The minimum Gasteiger partial charge on any atom is -0.468 e. The second kappa shape index (κ2) is 7.00. The Morgan fingerprint density at radius 3 is 2.13 bits per heavy atom. The largest absolute Gasteiger partial charge is 0.468 e. The molecule has 0 radical (unpaired) electrons. The summed E-state index contributed by atoms with van der Waals surface area (Å²) in [5, 5.41) is 0.591. The van der Waals surface area contributed by atoms with E-state index in [1.54, 1.807) is 24.3 Å². The zero-order chi connectivity index (χ0) is 17.0. The number of esters is 2. The molecule has 1 heterocycles. The molecule has 0 amide bonds. The molecule has 1 aliphatic rings. The summed E-state index contributed by atoms with van der Waals surface area (Å²) in [4.78, 5) is 24.5. The molecule has 0 saturated carbocycles. The minimum absolute atomic E-state index is 0.0302. The van der Waals surface area contributed by atoms with Gasteiger partial charge in [0, 0.05) is 19.5 Å². The van der Waals surface area contributed by atoms with E-state index in [0.717, 1.165) is 0 Å². The van der Waals surface area contributed by atoms with Gasteiger partial charge in [0.15, 0.2) is 12.9 Å². The van der Waals surface area contributed by atoms with Gasteiger partial charge in [0.1, 0.15) is 5.29 Å². The highest BCUT2D eigenvalue weighted by Crippen LogP contribution is 2.52. The van der Waals surface area contributed by atoms with Crippen molar-refractivity contribution in [3.05, 3.63) is 41.9 Å². The number of benzene rings is 1. The van der Waals surface area contributed by atoms with E-state index >= 15 is 0 Å². The molecule has 0 saturated heterocycles. The molecule has 0 spiro atoms. The Balaban J connectivity index is 2.88. The van der Waals surface area contributed by atoms with Crippen LogP contribution in [-0.2, 0) is 32.8 Å². The number of hydrogen-bond donors (Lipinski definition) is 0. The number of rotatable bonds is 5. The van der Waals surface area contributed by atoms with Crippen molar-refractivity contribution in [3.63, 3.8) is 0 Å². The van der Waals surface area contributed by atoms with Crippen LogP contribution in [0, 0.1) is 0 Å². The fraction of sp³-hybridized carbons (Fsp3) is 0.267. The molecule has 0 bridgehead atoms. The van der Waals surface area contributed by atoms with Gasteiger partial charge in [0.25, 0.3) is 0 Å². The van der Waals surface area contributed by atoms with Crippen molar-refractivity contribution < 1.29 is 32.8 Å². The van der Waals surface area contributed by atoms with Gasteiger partial charge in [-0.2, -0.15) is 0 Å². The third-order valence-corrected chi connectivity index (χ3v) is 6.30.